The lowest BCUT2D eigenvalue weighted by Gasteiger charge is -2.26. The molecule has 2 heterocycles. The minimum atomic E-state index is -3.24. The third-order valence-electron chi connectivity index (χ3n) is 6.35. The summed E-state index contributed by atoms with van der Waals surface area (Å²) in [6.07, 6.45) is 1.47. The van der Waals surface area contributed by atoms with Gasteiger partial charge in [0.25, 0.3) is 5.91 Å². The van der Waals surface area contributed by atoms with Crippen molar-refractivity contribution in [1.29, 1.82) is 0 Å². The van der Waals surface area contributed by atoms with Crippen LogP contribution in [0.5, 0.6) is 0 Å². The zero-order valence-electron chi connectivity index (χ0n) is 20.2. The van der Waals surface area contributed by atoms with Gasteiger partial charge in [-0.2, -0.15) is 0 Å². The van der Waals surface area contributed by atoms with Gasteiger partial charge in [0, 0.05) is 55.1 Å². The van der Waals surface area contributed by atoms with Crippen LogP contribution in [-0.2, 0) is 34.2 Å². The predicted molar refractivity (Wildman–Crippen MR) is 141 cm³/mol. The van der Waals surface area contributed by atoms with Gasteiger partial charge >= 0.3 is 0 Å². The molecule has 1 fully saturated rings. The van der Waals surface area contributed by atoms with Crippen LogP contribution < -0.4 is 10.7 Å². The van der Waals surface area contributed by atoms with Gasteiger partial charge < -0.3 is 14.6 Å². The third-order valence-corrected chi connectivity index (χ3v) is 8.28. The Kier molecular flexibility index (Phi) is 8.46. The molecule has 1 aliphatic rings. The number of nitrogens with one attached hydrogen (secondary N) is 1. The van der Waals surface area contributed by atoms with E-state index < -0.39 is 15.7 Å². The average Bonchev–Trinajstić information content (AvgIpc) is 2.88. The fraction of sp³-hybridized carbons (Fsp3) is 0.385. The molecule has 0 atom stereocenters. The maximum Gasteiger partial charge on any atom is 0.257 e. The Morgan fingerprint density at radius 2 is 1.78 bits per heavy atom. The third kappa shape index (κ3) is 6.53. The monoisotopic (exact) mass is 531 g/mol. The van der Waals surface area contributed by atoms with Gasteiger partial charge in [-0.15, -0.1) is 0 Å². The Labute approximate surface area is 215 Å². The summed E-state index contributed by atoms with van der Waals surface area (Å²) in [5, 5.41) is 3.79. The zero-order chi connectivity index (χ0) is 25.7. The number of carbonyl (C=O) groups is 1. The highest BCUT2D eigenvalue weighted by molar-refractivity contribution is 7.91. The number of benzene rings is 2. The molecule has 1 aliphatic heterocycles. The Morgan fingerprint density at radius 1 is 1.08 bits per heavy atom. The highest BCUT2D eigenvalue weighted by atomic mass is 35.5. The van der Waals surface area contributed by atoms with Gasteiger partial charge in [0.05, 0.1) is 24.5 Å². The fourth-order valence-corrected chi connectivity index (χ4v) is 5.06. The summed E-state index contributed by atoms with van der Waals surface area (Å²) in [4.78, 5) is 28.8. The highest BCUT2D eigenvalue weighted by Gasteiger charge is 2.18. The van der Waals surface area contributed by atoms with Crippen LogP contribution in [0, 0.1) is 0 Å². The number of amides is 1. The predicted octanol–water partition coefficient (Wildman–Crippen LogP) is 2.85. The second kappa shape index (κ2) is 11.6. The maximum absolute atomic E-state index is 13.4. The van der Waals surface area contributed by atoms with Crippen molar-refractivity contribution < 1.29 is 17.9 Å². The molecule has 0 radical (unpaired) electrons. The second-order valence-electron chi connectivity index (χ2n) is 8.85. The van der Waals surface area contributed by atoms with Gasteiger partial charge in [-0.1, -0.05) is 36.7 Å². The molecule has 1 N–H and O–H groups in total. The molecule has 0 spiro atoms. The first kappa shape index (κ1) is 26.3. The number of ether oxygens (including phenoxy) is 1. The Morgan fingerprint density at radius 3 is 2.47 bits per heavy atom. The van der Waals surface area contributed by atoms with Crippen LogP contribution >= 0.6 is 11.6 Å². The lowest BCUT2D eigenvalue weighted by atomic mass is 10.1. The van der Waals surface area contributed by atoms with Gasteiger partial charge in [0.2, 0.25) is 5.43 Å². The normalized spacial score (nSPS) is 14.7. The van der Waals surface area contributed by atoms with Crippen LogP contribution in [0.3, 0.4) is 0 Å². The summed E-state index contributed by atoms with van der Waals surface area (Å²) in [6.45, 7) is 5.60. The highest BCUT2D eigenvalue weighted by Crippen LogP contribution is 2.17. The number of pyridine rings is 1. The van der Waals surface area contributed by atoms with Crippen molar-refractivity contribution in [3.05, 3.63) is 80.6 Å². The number of hydrogen-bond acceptors (Lipinski definition) is 6. The molecule has 10 heteroatoms. The summed E-state index contributed by atoms with van der Waals surface area (Å²) >= 11 is 5.93. The SMILES string of the molecule is CCS(=O)(=O)CCn1cc(C(=O)NCc2ccc(Cl)cc2)c(=O)c2cc(CN3CCOCC3)ccc21. The number of halogens is 1. The van der Waals surface area contributed by atoms with E-state index in [2.05, 4.69) is 10.2 Å². The van der Waals surface area contributed by atoms with Crippen LogP contribution in [0.15, 0.2) is 53.5 Å². The van der Waals surface area contributed by atoms with Crippen LogP contribution in [0.1, 0.15) is 28.4 Å². The average molecular weight is 532 g/mol. The zero-order valence-corrected chi connectivity index (χ0v) is 21.8. The summed E-state index contributed by atoms with van der Waals surface area (Å²) in [6, 6.07) is 12.7. The first-order valence-corrected chi connectivity index (χ1v) is 14.1. The van der Waals surface area contributed by atoms with Crippen LogP contribution in [0.2, 0.25) is 5.02 Å². The minimum Gasteiger partial charge on any atom is -0.379 e. The van der Waals surface area contributed by atoms with E-state index in [1.54, 1.807) is 35.8 Å². The molecule has 36 heavy (non-hydrogen) atoms. The molecule has 0 unspecified atom stereocenters. The quantitative estimate of drug-likeness (QED) is 0.456. The number of carbonyl (C=O) groups excluding carboxylic acids is 1. The lowest BCUT2D eigenvalue weighted by molar-refractivity contribution is 0.0342. The number of rotatable bonds is 9. The van der Waals surface area contributed by atoms with Gasteiger partial charge in [0.15, 0.2) is 9.84 Å². The first-order valence-electron chi connectivity index (χ1n) is 11.9. The van der Waals surface area contributed by atoms with Gasteiger partial charge in [-0.05, 0) is 35.4 Å². The second-order valence-corrected chi connectivity index (χ2v) is 11.8. The minimum absolute atomic E-state index is 0.0196. The number of morpholine rings is 1. The van der Waals surface area contributed by atoms with E-state index in [-0.39, 0.29) is 35.6 Å². The Balaban J connectivity index is 1.67. The number of nitrogens with zero attached hydrogens (tertiary/aromatic N) is 2. The van der Waals surface area contributed by atoms with Crippen molar-refractivity contribution in [2.24, 2.45) is 0 Å². The standard InChI is InChI=1S/C26H30ClN3O5S/c1-2-36(33,34)14-11-30-18-23(26(32)28-16-19-3-6-21(27)7-4-19)25(31)22-15-20(5-8-24(22)30)17-29-9-12-35-13-10-29/h3-8,15,18H,2,9-14,16-17H2,1H3,(H,28,32). The van der Waals surface area contributed by atoms with Crippen LogP contribution in [-0.4, -0.2) is 61.6 Å². The molecule has 0 saturated carbocycles. The van der Waals surface area contributed by atoms with Crippen molar-refractivity contribution in [2.45, 2.75) is 26.6 Å². The molecule has 3 aromatic rings. The maximum atomic E-state index is 13.4. The van der Waals surface area contributed by atoms with Crippen molar-refractivity contribution in [2.75, 3.05) is 37.8 Å². The summed E-state index contributed by atoms with van der Waals surface area (Å²) in [5.74, 6) is -0.561. The molecule has 8 nitrogen and oxygen atoms in total. The molecular weight excluding hydrogens is 502 g/mol. The fourth-order valence-electron chi connectivity index (χ4n) is 4.17. The van der Waals surface area contributed by atoms with Crippen LogP contribution in [0.4, 0.5) is 0 Å². The molecule has 0 bridgehead atoms. The number of sulfone groups is 1. The van der Waals surface area contributed by atoms with E-state index in [0.29, 0.717) is 35.7 Å². The summed E-state index contributed by atoms with van der Waals surface area (Å²) in [5.41, 5.74) is 2.00. The molecule has 0 aliphatic carbocycles. The summed E-state index contributed by atoms with van der Waals surface area (Å²) in [7, 11) is -3.24. The Bertz CT molecular complexity index is 1400. The van der Waals surface area contributed by atoms with E-state index >= 15 is 0 Å². The number of fused-ring (bicyclic) bond motifs is 1. The molecule has 4 rings (SSSR count). The number of hydrogen-bond donors (Lipinski definition) is 1. The van der Waals surface area contributed by atoms with E-state index in [9.17, 15) is 18.0 Å². The topological polar surface area (TPSA) is 97.7 Å². The first-order chi connectivity index (χ1) is 17.3. The summed E-state index contributed by atoms with van der Waals surface area (Å²) < 4.78 is 31.5. The molecule has 1 saturated heterocycles. The van der Waals surface area contributed by atoms with Gasteiger partial charge in [-0.25, -0.2) is 8.42 Å². The van der Waals surface area contributed by atoms with E-state index in [0.717, 1.165) is 24.2 Å². The molecule has 1 amide bonds. The van der Waals surface area contributed by atoms with Crippen molar-refractivity contribution in [1.82, 2.24) is 14.8 Å². The smallest absolute Gasteiger partial charge is 0.257 e. The largest absolute Gasteiger partial charge is 0.379 e. The lowest BCUT2D eigenvalue weighted by Crippen LogP contribution is -2.35. The van der Waals surface area contributed by atoms with E-state index in [1.807, 2.05) is 18.2 Å². The number of aryl methyl sites for hydroxylation is 1. The van der Waals surface area contributed by atoms with Crippen LogP contribution in [0.25, 0.3) is 10.9 Å². The molecule has 2 aromatic carbocycles. The van der Waals surface area contributed by atoms with E-state index in [4.69, 9.17) is 16.3 Å². The van der Waals surface area contributed by atoms with Gasteiger partial charge in [0.1, 0.15) is 5.56 Å². The van der Waals surface area contributed by atoms with Crippen molar-refractivity contribution >= 4 is 38.2 Å². The van der Waals surface area contributed by atoms with Crippen molar-refractivity contribution in [3.8, 4) is 0 Å². The molecular formula is C26H30ClN3O5S. The van der Waals surface area contributed by atoms with Gasteiger partial charge in [-0.3, -0.25) is 14.5 Å². The van der Waals surface area contributed by atoms with Crippen molar-refractivity contribution in [3.63, 3.8) is 0 Å². The Hall–Kier alpha value is -2.72. The molecule has 1 aromatic heterocycles. The van der Waals surface area contributed by atoms with E-state index in [1.165, 1.54) is 6.20 Å². The number of aromatic nitrogens is 1. The molecule has 192 valence electrons.